The van der Waals surface area contributed by atoms with E-state index in [4.69, 9.17) is 4.74 Å². The molecule has 1 unspecified atom stereocenters. The predicted octanol–water partition coefficient (Wildman–Crippen LogP) is 1.51. The molecule has 1 saturated heterocycles. The first kappa shape index (κ1) is 21.6. The Morgan fingerprint density at radius 1 is 1.16 bits per heavy atom. The van der Waals surface area contributed by atoms with Crippen LogP contribution in [-0.4, -0.2) is 67.5 Å². The van der Waals surface area contributed by atoms with Crippen molar-refractivity contribution >= 4 is 11.8 Å². The van der Waals surface area contributed by atoms with Gasteiger partial charge in [-0.1, -0.05) is 36.4 Å². The molecule has 1 aliphatic heterocycles. The van der Waals surface area contributed by atoms with Crippen LogP contribution in [0.2, 0.25) is 0 Å². The largest absolute Gasteiger partial charge is 0.368 e. The second kappa shape index (κ2) is 10.1. The molecule has 1 aromatic carbocycles. The summed E-state index contributed by atoms with van der Waals surface area (Å²) in [5, 5.41) is 6.78. The number of hydrogen-bond acceptors (Lipinski definition) is 6. The standard InChI is InChI=1S/C23H26N6O3/c1-17-25-21(27-26-17)11-22(30)29-14-20(32-16-19-9-5-6-10-24-19)13-28(23(31)15-29)12-18-7-3-2-4-8-18/h2-10,20H,11-16H2,1H3,(H,25,26,27). The van der Waals surface area contributed by atoms with Crippen LogP contribution in [0.4, 0.5) is 0 Å². The van der Waals surface area contributed by atoms with Crippen LogP contribution in [-0.2, 0) is 33.9 Å². The average Bonchev–Trinajstić information content (AvgIpc) is 3.14. The van der Waals surface area contributed by atoms with Gasteiger partial charge in [-0.25, -0.2) is 4.98 Å². The fourth-order valence-corrected chi connectivity index (χ4v) is 3.63. The van der Waals surface area contributed by atoms with Gasteiger partial charge in [0, 0.05) is 25.8 Å². The maximum Gasteiger partial charge on any atom is 0.242 e. The third-order valence-electron chi connectivity index (χ3n) is 5.24. The maximum atomic E-state index is 13.0. The molecule has 1 atom stereocenters. The number of ether oxygens (including phenoxy) is 1. The highest BCUT2D eigenvalue weighted by atomic mass is 16.5. The SMILES string of the molecule is Cc1nc(CC(=O)N2CC(=O)N(Cc3ccccc3)CC(OCc3ccccn3)C2)n[nH]1. The molecule has 32 heavy (non-hydrogen) atoms. The lowest BCUT2D eigenvalue weighted by Crippen LogP contribution is -2.40. The second-order valence-corrected chi connectivity index (χ2v) is 7.80. The van der Waals surface area contributed by atoms with Crippen molar-refractivity contribution in [1.29, 1.82) is 0 Å². The Morgan fingerprint density at radius 3 is 2.69 bits per heavy atom. The van der Waals surface area contributed by atoms with E-state index in [1.165, 1.54) is 0 Å². The number of nitrogens with one attached hydrogen (secondary N) is 1. The molecular formula is C23H26N6O3. The first-order valence-electron chi connectivity index (χ1n) is 10.6. The van der Waals surface area contributed by atoms with Gasteiger partial charge in [0.05, 0.1) is 31.4 Å². The summed E-state index contributed by atoms with van der Waals surface area (Å²) in [7, 11) is 0. The lowest BCUT2D eigenvalue weighted by atomic mass is 10.2. The summed E-state index contributed by atoms with van der Waals surface area (Å²) in [5.74, 6) is 0.740. The molecule has 2 amide bonds. The third kappa shape index (κ3) is 5.76. The third-order valence-corrected chi connectivity index (χ3v) is 5.24. The molecule has 166 valence electrons. The Labute approximate surface area is 186 Å². The average molecular weight is 435 g/mol. The van der Waals surface area contributed by atoms with Gasteiger partial charge in [-0.3, -0.25) is 19.7 Å². The van der Waals surface area contributed by atoms with Gasteiger partial charge in [0.15, 0.2) is 5.82 Å². The van der Waals surface area contributed by atoms with Crippen LogP contribution >= 0.6 is 0 Å². The first-order chi connectivity index (χ1) is 15.6. The van der Waals surface area contributed by atoms with Crippen molar-refractivity contribution < 1.29 is 14.3 Å². The van der Waals surface area contributed by atoms with Crippen molar-refractivity contribution in [3.63, 3.8) is 0 Å². The molecule has 0 saturated carbocycles. The zero-order chi connectivity index (χ0) is 22.3. The fourth-order valence-electron chi connectivity index (χ4n) is 3.63. The lowest BCUT2D eigenvalue weighted by molar-refractivity contribution is -0.138. The van der Waals surface area contributed by atoms with E-state index in [9.17, 15) is 9.59 Å². The molecule has 4 rings (SSSR count). The summed E-state index contributed by atoms with van der Waals surface area (Å²) in [4.78, 5) is 37.8. The summed E-state index contributed by atoms with van der Waals surface area (Å²) in [5.41, 5.74) is 1.83. The highest BCUT2D eigenvalue weighted by Crippen LogP contribution is 2.15. The number of benzene rings is 1. The minimum Gasteiger partial charge on any atom is -0.368 e. The molecule has 9 heteroatoms. The number of aromatic amines is 1. The number of pyridine rings is 1. The van der Waals surface area contributed by atoms with Gasteiger partial charge in [-0.15, -0.1) is 0 Å². The number of aromatic nitrogens is 4. The zero-order valence-electron chi connectivity index (χ0n) is 18.0. The van der Waals surface area contributed by atoms with E-state index < -0.39 is 0 Å². The topological polar surface area (TPSA) is 104 Å². The molecule has 0 radical (unpaired) electrons. The number of carbonyl (C=O) groups excluding carboxylic acids is 2. The fraction of sp³-hybridized carbons (Fsp3) is 0.348. The van der Waals surface area contributed by atoms with E-state index >= 15 is 0 Å². The van der Waals surface area contributed by atoms with Gasteiger partial charge in [-0.05, 0) is 24.6 Å². The zero-order valence-corrected chi connectivity index (χ0v) is 18.0. The van der Waals surface area contributed by atoms with Crippen LogP contribution in [0.5, 0.6) is 0 Å². The van der Waals surface area contributed by atoms with Crippen molar-refractivity contribution in [2.45, 2.75) is 32.6 Å². The number of rotatable bonds is 7. The number of carbonyl (C=O) groups is 2. The van der Waals surface area contributed by atoms with E-state index in [2.05, 4.69) is 20.2 Å². The monoisotopic (exact) mass is 434 g/mol. The Kier molecular flexibility index (Phi) is 6.86. The van der Waals surface area contributed by atoms with Crippen molar-refractivity contribution in [1.82, 2.24) is 30.0 Å². The number of amides is 2. The maximum absolute atomic E-state index is 13.0. The molecule has 2 aromatic heterocycles. The lowest BCUT2D eigenvalue weighted by Gasteiger charge is -2.24. The van der Waals surface area contributed by atoms with Gasteiger partial charge in [-0.2, -0.15) is 5.10 Å². The van der Waals surface area contributed by atoms with Crippen LogP contribution in [0, 0.1) is 6.92 Å². The van der Waals surface area contributed by atoms with Crippen LogP contribution in [0.15, 0.2) is 54.7 Å². The van der Waals surface area contributed by atoms with E-state index in [0.29, 0.717) is 37.9 Å². The van der Waals surface area contributed by atoms with Crippen molar-refractivity contribution in [3.05, 3.63) is 77.6 Å². The van der Waals surface area contributed by atoms with E-state index in [1.807, 2.05) is 48.5 Å². The molecular weight excluding hydrogens is 408 g/mol. The summed E-state index contributed by atoms with van der Waals surface area (Å²) in [6, 6.07) is 15.4. The smallest absolute Gasteiger partial charge is 0.242 e. The molecule has 1 aliphatic rings. The molecule has 0 aliphatic carbocycles. The summed E-state index contributed by atoms with van der Waals surface area (Å²) >= 11 is 0. The number of nitrogens with zero attached hydrogens (tertiary/aromatic N) is 5. The van der Waals surface area contributed by atoms with Crippen molar-refractivity contribution in [2.24, 2.45) is 0 Å². The number of H-pyrrole nitrogens is 1. The van der Waals surface area contributed by atoms with Crippen LogP contribution < -0.4 is 0 Å². The normalized spacial score (nSPS) is 16.8. The first-order valence-corrected chi connectivity index (χ1v) is 10.6. The van der Waals surface area contributed by atoms with E-state index in [1.54, 1.807) is 22.9 Å². The van der Waals surface area contributed by atoms with Crippen LogP contribution in [0.3, 0.4) is 0 Å². The second-order valence-electron chi connectivity index (χ2n) is 7.80. The highest BCUT2D eigenvalue weighted by molar-refractivity contribution is 5.86. The molecule has 1 N–H and O–H groups in total. The Morgan fingerprint density at radius 2 is 1.97 bits per heavy atom. The number of hydrogen-bond donors (Lipinski definition) is 1. The Balaban J connectivity index is 1.48. The molecule has 3 aromatic rings. The summed E-state index contributed by atoms with van der Waals surface area (Å²) in [6.07, 6.45) is 1.40. The predicted molar refractivity (Wildman–Crippen MR) is 116 cm³/mol. The summed E-state index contributed by atoms with van der Waals surface area (Å²) in [6.45, 7) is 3.25. The molecule has 9 nitrogen and oxygen atoms in total. The number of aryl methyl sites for hydroxylation is 1. The quantitative estimate of drug-likeness (QED) is 0.604. The van der Waals surface area contributed by atoms with Crippen molar-refractivity contribution in [3.8, 4) is 0 Å². The van der Waals surface area contributed by atoms with Crippen molar-refractivity contribution in [2.75, 3.05) is 19.6 Å². The van der Waals surface area contributed by atoms with Gasteiger partial charge >= 0.3 is 0 Å². The van der Waals surface area contributed by atoms with E-state index in [-0.39, 0.29) is 30.9 Å². The highest BCUT2D eigenvalue weighted by Gasteiger charge is 2.31. The Hall–Kier alpha value is -3.59. The minimum atomic E-state index is -0.343. The molecule has 0 bridgehead atoms. The summed E-state index contributed by atoms with van der Waals surface area (Å²) < 4.78 is 6.11. The van der Waals surface area contributed by atoms with E-state index in [0.717, 1.165) is 11.3 Å². The van der Waals surface area contributed by atoms with Gasteiger partial charge in [0.2, 0.25) is 11.8 Å². The molecule has 0 spiro atoms. The minimum absolute atomic E-state index is 0.00147. The van der Waals surface area contributed by atoms with Gasteiger partial charge in [0.1, 0.15) is 5.82 Å². The van der Waals surface area contributed by atoms with Crippen LogP contribution in [0.25, 0.3) is 0 Å². The molecule has 1 fully saturated rings. The van der Waals surface area contributed by atoms with Gasteiger partial charge < -0.3 is 14.5 Å². The Bertz CT molecular complexity index is 1040. The van der Waals surface area contributed by atoms with Crippen LogP contribution in [0.1, 0.15) is 22.9 Å². The molecule has 3 heterocycles. The van der Waals surface area contributed by atoms with Gasteiger partial charge in [0.25, 0.3) is 0 Å².